The van der Waals surface area contributed by atoms with Crippen molar-refractivity contribution in [3.63, 3.8) is 0 Å². The Morgan fingerprint density at radius 2 is 2.11 bits per heavy atom. The maximum absolute atomic E-state index is 11.8. The van der Waals surface area contributed by atoms with Crippen molar-refractivity contribution in [2.75, 3.05) is 18.1 Å². The SMILES string of the molecule is CCC[C@H](Nc1cc(C(C)C)nc(N)n1)C(=O)NC. The van der Waals surface area contributed by atoms with Crippen LogP contribution >= 0.6 is 0 Å². The fourth-order valence-corrected chi connectivity index (χ4v) is 1.77. The third-order valence-corrected chi connectivity index (χ3v) is 2.82. The molecule has 1 aromatic rings. The van der Waals surface area contributed by atoms with E-state index in [1.165, 1.54) is 0 Å². The average Bonchev–Trinajstić information content (AvgIpc) is 2.36. The zero-order valence-electron chi connectivity index (χ0n) is 12.0. The van der Waals surface area contributed by atoms with Crippen LogP contribution in [0, 0.1) is 0 Å². The van der Waals surface area contributed by atoms with Crippen molar-refractivity contribution in [2.24, 2.45) is 0 Å². The Bertz CT molecular complexity index is 433. The number of nitrogens with two attached hydrogens (primary N) is 1. The molecule has 0 aliphatic carbocycles. The van der Waals surface area contributed by atoms with E-state index in [4.69, 9.17) is 5.73 Å². The quantitative estimate of drug-likeness (QED) is 0.725. The molecule has 1 rings (SSSR count). The summed E-state index contributed by atoms with van der Waals surface area (Å²) in [5.74, 6) is 1.03. The molecule has 19 heavy (non-hydrogen) atoms. The molecule has 0 aliphatic rings. The number of likely N-dealkylation sites (N-methyl/N-ethyl adjacent to an activating group) is 1. The minimum atomic E-state index is -0.302. The summed E-state index contributed by atoms with van der Waals surface area (Å²) in [7, 11) is 1.63. The smallest absolute Gasteiger partial charge is 0.242 e. The molecule has 106 valence electrons. The number of hydrogen-bond acceptors (Lipinski definition) is 5. The molecule has 4 N–H and O–H groups in total. The third kappa shape index (κ3) is 4.39. The van der Waals surface area contributed by atoms with Gasteiger partial charge in [-0.1, -0.05) is 27.2 Å². The number of carbonyl (C=O) groups excluding carboxylic acids is 1. The van der Waals surface area contributed by atoms with Crippen LogP contribution in [0.2, 0.25) is 0 Å². The van der Waals surface area contributed by atoms with Crippen LogP contribution < -0.4 is 16.4 Å². The Morgan fingerprint density at radius 1 is 1.42 bits per heavy atom. The number of anilines is 2. The zero-order chi connectivity index (χ0) is 14.4. The molecule has 0 aliphatic heterocycles. The molecule has 0 bridgehead atoms. The van der Waals surface area contributed by atoms with E-state index in [1.807, 2.05) is 26.8 Å². The van der Waals surface area contributed by atoms with Crippen LogP contribution in [0.5, 0.6) is 0 Å². The topological polar surface area (TPSA) is 92.9 Å². The minimum absolute atomic E-state index is 0.0508. The van der Waals surface area contributed by atoms with Crippen LogP contribution in [0.1, 0.15) is 45.2 Å². The fourth-order valence-electron chi connectivity index (χ4n) is 1.77. The van der Waals surface area contributed by atoms with Gasteiger partial charge in [-0.15, -0.1) is 0 Å². The summed E-state index contributed by atoms with van der Waals surface area (Å²) in [6.07, 6.45) is 1.64. The number of nitrogens with one attached hydrogen (secondary N) is 2. The standard InChI is InChI=1S/C13H23N5O/c1-5-6-9(12(19)15-4)16-11-7-10(8(2)3)17-13(14)18-11/h7-9H,5-6H2,1-4H3,(H,15,19)(H3,14,16,17,18)/t9-/m0/s1. The number of rotatable bonds is 6. The summed E-state index contributed by atoms with van der Waals surface area (Å²) < 4.78 is 0. The zero-order valence-corrected chi connectivity index (χ0v) is 12.0. The van der Waals surface area contributed by atoms with Gasteiger partial charge in [0.2, 0.25) is 11.9 Å². The number of carbonyl (C=O) groups is 1. The molecule has 0 saturated carbocycles. The van der Waals surface area contributed by atoms with Gasteiger partial charge < -0.3 is 16.4 Å². The van der Waals surface area contributed by atoms with Crippen LogP contribution in [0.25, 0.3) is 0 Å². The normalized spacial score (nSPS) is 12.3. The van der Waals surface area contributed by atoms with Gasteiger partial charge in [0.1, 0.15) is 11.9 Å². The number of aromatic nitrogens is 2. The summed E-state index contributed by atoms with van der Waals surface area (Å²) in [6.45, 7) is 6.10. The van der Waals surface area contributed by atoms with E-state index in [1.54, 1.807) is 7.05 Å². The van der Waals surface area contributed by atoms with Crippen molar-refractivity contribution >= 4 is 17.7 Å². The van der Waals surface area contributed by atoms with E-state index in [0.717, 1.165) is 18.5 Å². The highest BCUT2D eigenvalue weighted by atomic mass is 16.2. The van der Waals surface area contributed by atoms with E-state index in [0.29, 0.717) is 5.82 Å². The first-order valence-electron chi connectivity index (χ1n) is 6.60. The van der Waals surface area contributed by atoms with Gasteiger partial charge in [0.05, 0.1) is 5.69 Å². The highest BCUT2D eigenvalue weighted by molar-refractivity contribution is 5.84. The molecule has 1 heterocycles. The first-order valence-corrected chi connectivity index (χ1v) is 6.60. The van der Waals surface area contributed by atoms with Crippen LogP contribution in [0.4, 0.5) is 11.8 Å². The largest absolute Gasteiger partial charge is 0.368 e. The lowest BCUT2D eigenvalue weighted by Gasteiger charge is -2.18. The Labute approximate surface area is 114 Å². The Hall–Kier alpha value is -1.85. The molecule has 0 spiro atoms. The number of nitrogen functional groups attached to an aromatic ring is 1. The summed E-state index contributed by atoms with van der Waals surface area (Å²) in [5.41, 5.74) is 6.56. The number of amides is 1. The summed E-state index contributed by atoms with van der Waals surface area (Å²) >= 11 is 0. The molecule has 6 nitrogen and oxygen atoms in total. The van der Waals surface area contributed by atoms with E-state index >= 15 is 0 Å². The molecule has 1 aromatic heterocycles. The molecule has 0 unspecified atom stereocenters. The molecular formula is C13H23N5O. The second kappa shape index (κ2) is 6.92. The van der Waals surface area contributed by atoms with Gasteiger partial charge in [-0.2, -0.15) is 4.98 Å². The average molecular weight is 265 g/mol. The first kappa shape index (κ1) is 15.2. The Balaban J connectivity index is 2.92. The lowest BCUT2D eigenvalue weighted by molar-refractivity contribution is -0.121. The molecule has 1 amide bonds. The van der Waals surface area contributed by atoms with E-state index in [9.17, 15) is 4.79 Å². The molecule has 1 atom stereocenters. The van der Waals surface area contributed by atoms with Crippen LogP contribution in [-0.2, 0) is 4.79 Å². The van der Waals surface area contributed by atoms with Crippen molar-refractivity contribution in [1.29, 1.82) is 0 Å². The van der Waals surface area contributed by atoms with E-state index in [-0.39, 0.29) is 23.8 Å². The Morgan fingerprint density at radius 3 is 2.63 bits per heavy atom. The summed E-state index contributed by atoms with van der Waals surface area (Å²) in [4.78, 5) is 20.1. The lowest BCUT2D eigenvalue weighted by atomic mass is 10.1. The maximum Gasteiger partial charge on any atom is 0.242 e. The van der Waals surface area contributed by atoms with Gasteiger partial charge in [0.25, 0.3) is 0 Å². The predicted octanol–water partition coefficient (Wildman–Crippen LogP) is 1.51. The molecule has 0 saturated heterocycles. The fraction of sp³-hybridized carbons (Fsp3) is 0.615. The van der Waals surface area contributed by atoms with Gasteiger partial charge in [-0.3, -0.25) is 4.79 Å². The first-order chi connectivity index (χ1) is 8.97. The van der Waals surface area contributed by atoms with Gasteiger partial charge >= 0.3 is 0 Å². The monoisotopic (exact) mass is 265 g/mol. The molecular weight excluding hydrogens is 242 g/mol. The molecule has 0 radical (unpaired) electrons. The van der Waals surface area contributed by atoms with Crippen LogP contribution in [0.3, 0.4) is 0 Å². The van der Waals surface area contributed by atoms with Crippen LogP contribution in [-0.4, -0.2) is 29.0 Å². The molecule has 0 aromatic carbocycles. The number of nitrogens with zero attached hydrogens (tertiary/aromatic N) is 2. The van der Waals surface area contributed by atoms with Crippen molar-refractivity contribution in [1.82, 2.24) is 15.3 Å². The third-order valence-electron chi connectivity index (χ3n) is 2.82. The summed E-state index contributed by atoms with van der Waals surface area (Å²) in [6, 6.07) is 1.54. The van der Waals surface area contributed by atoms with Gasteiger partial charge in [0.15, 0.2) is 0 Å². The predicted molar refractivity (Wildman–Crippen MR) is 76.9 cm³/mol. The Kier molecular flexibility index (Phi) is 5.54. The van der Waals surface area contributed by atoms with Crippen molar-refractivity contribution in [2.45, 2.75) is 45.6 Å². The number of hydrogen-bond donors (Lipinski definition) is 3. The van der Waals surface area contributed by atoms with Gasteiger partial charge in [-0.05, 0) is 12.3 Å². The highest BCUT2D eigenvalue weighted by Gasteiger charge is 2.17. The maximum atomic E-state index is 11.8. The van der Waals surface area contributed by atoms with E-state index in [2.05, 4.69) is 20.6 Å². The van der Waals surface area contributed by atoms with Crippen LogP contribution in [0.15, 0.2) is 6.07 Å². The highest BCUT2D eigenvalue weighted by Crippen LogP contribution is 2.17. The van der Waals surface area contributed by atoms with Crippen molar-refractivity contribution < 1.29 is 4.79 Å². The van der Waals surface area contributed by atoms with Gasteiger partial charge in [-0.25, -0.2) is 4.98 Å². The molecule has 0 fully saturated rings. The lowest BCUT2D eigenvalue weighted by Crippen LogP contribution is -2.38. The molecule has 6 heteroatoms. The van der Waals surface area contributed by atoms with E-state index < -0.39 is 0 Å². The minimum Gasteiger partial charge on any atom is -0.368 e. The second-order valence-corrected chi connectivity index (χ2v) is 4.79. The van der Waals surface area contributed by atoms with Crippen molar-refractivity contribution in [3.8, 4) is 0 Å². The van der Waals surface area contributed by atoms with Crippen molar-refractivity contribution in [3.05, 3.63) is 11.8 Å². The van der Waals surface area contributed by atoms with Gasteiger partial charge in [0, 0.05) is 13.1 Å². The second-order valence-electron chi connectivity index (χ2n) is 4.79. The summed E-state index contributed by atoms with van der Waals surface area (Å²) in [5, 5.41) is 5.77.